The van der Waals surface area contributed by atoms with Crippen LogP contribution < -0.4 is 0 Å². The average Bonchev–Trinajstić information content (AvgIpc) is 2.47. The summed E-state index contributed by atoms with van der Waals surface area (Å²) in [6.07, 6.45) is 9.57. The van der Waals surface area contributed by atoms with Crippen molar-refractivity contribution in [3.63, 3.8) is 0 Å². The summed E-state index contributed by atoms with van der Waals surface area (Å²) < 4.78 is 5.08. The van der Waals surface area contributed by atoms with Crippen molar-refractivity contribution in [2.75, 3.05) is 6.61 Å². The van der Waals surface area contributed by atoms with Gasteiger partial charge in [0.25, 0.3) is 0 Å². The zero-order chi connectivity index (χ0) is 14.4. The predicted octanol–water partition coefficient (Wildman–Crippen LogP) is 3.56. The fraction of sp³-hybridized carbons (Fsp3) is 0.353. The topological polar surface area (TPSA) is 46.5 Å². The maximum Gasteiger partial charge on any atom is 0.306 e. The minimum Gasteiger partial charge on any atom is -0.508 e. The summed E-state index contributed by atoms with van der Waals surface area (Å²) in [7, 11) is 0. The number of esters is 1. The average molecular weight is 272 g/mol. The summed E-state index contributed by atoms with van der Waals surface area (Å²) in [5.41, 5.74) is 1.06. The van der Waals surface area contributed by atoms with E-state index in [1.165, 1.54) is 0 Å². The van der Waals surface area contributed by atoms with Crippen LogP contribution in [0.5, 0.6) is 5.75 Å². The largest absolute Gasteiger partial charge is 0.508 e. The van der Waals surface area contributed by atoms with E-state index >= 15 is 0 Å². The molecule has 0 saturated carbocycles. The molecule has 0 aromatic heterocycles. The molecule has 0 saturated heterocycles. The van der Waals surface area contributed by atoms with E-state index in [0.717, 1.165) is 12.0 Å². The quantitative estimate of drug-likeness (QED) is 0.834. The minimum atomic E-state index is -0.173. The first-order valence-electron chi connectivity index (χ1n) is 6.98. The summed E-state index contributed by atoms with van der Waals surface area (Å²) in [5.74, 6) is 0.432. The van der Waals surface area contributed by atoms with Gasteiger partial charge in [-0.25, -0.2) is 0 Å². The van der Waals surface area contributed by atoms with Crippen LogP contribution in [-0.2, 0) is 9.53 Å². The van der Waals surface area contributed by atoms with Crippen molar-refractivity contribution in [3.8, 4) is 5.75 Å². The third-order valence-electron chi connectivity index (χ3n) is 3.54. The van der Waals surface area contributed by atoms with Crippen LogP contribution in [0.4, 0.5) is 0 Å². The van der Waals surface area contributed by atoms with Gasteiger partial charge in [-0.05, 0) is 37.0 Å². The van der Waals surface area contributed by atoms with Crippen molar-refractivity contribution >= 4 is 5.97 Å². The van der Waals surface area contributed by atoms with E-state index in [1.54, 1.807) is 12.1 Å². The number of phenolic OH excluding ortho intramolecular Hbond substituents is 1. The second kappa shape index (κ2) is 6.94. The molecule has 0 radical (unpaired) electrons. The van der Waals surface area contributed by atoms with E-state index in [4.69, 9.17) is 4.74 Å². The molecule has 2 atom stereocenters. The Morgan fingerprint density at radius 3 is 2.70 bits per heavy atom. The maximum atomic E-state index is 11.8. The van der Waals surface area contributed by atoms with Crippen molar-refractivity contribution in [2.24, 2.45) is 5.92 Å². The van der Waals surface area contributed by atoms with Crippen LogP contribution in [-0.4, -0.2) is 17.7 Å². The molecule has 1 aromatic rings. The Morgan fingerprint density at radius 2 is 2.10 bits per heavy atom. The van der Waals surface area contributed by atoms with Gasteiger partial charge in [-0.15, -0.1) is 0 Å². The first-order chi connectivity index (χ1) is 9.70. The SMILES string of the molecule is CCOC(=O)C[C@@H](c1ccc(O)cc1)C1C=CC=CC1. The zero-order valence-electron chi connectivity index (χ0n) is 11.7. The maximum absolute atomic E-state index is 11.8. The molecule has 0 amide bonds. The smallest absolute Gasteiger partial charge is 0.306 e. The molecule has 106 valence electrons. The number of phenols is 1. The number of benzene rings is 1. The molecule has 0 aliphatic heterocycles. The fourth-order valence-corrected chi connectivity index (χ4v) is 2.54. The number of allylic oxidation sites excluding steroid dienone is 4. The van der Waals surface area contributed by atoms with Crippen molar-refractivity contribution in [1.82, 2.24) is 0 Å². The van der Waals surface area contributed by atoms with Gasteiger partial charge in [0, 0.05) is 5.92 Å². The van der Waals surface area contributed by atoms with Crippen LogP contribution in [0.1, 0.15) is 31.2 Å². The number of carbonyl (C=O) groups excluding carboxylic acids is 1. The van der Waals surface area contributed by atoms with Gasteiger partial charge < -0.3 is 9.84 Å². The monoisotopic (exact) mass is 272 g/mol. The molecule has 0 bridgehead atoms. The van der Waals surface area contributed by atoms with Crippen LogP contribution in [0.25, 0.3) is 0 Å². The molecule has 0 fully saturated rings. The Hall–Kier alpha value is -2.03. The van der Waals surface area contributed by atoms with Gasteiger partial charge >= 0.3 is 5.97 Å². The Morgan fingerprint density at radius 1 is 1.35 bits per heavy atom. The Kier molecular flexibility index (Phi) is 4.99. The number of hydrogen-bond acceptors (Lipinski definition) is 3. The molecule has 1 aliphatic rings. The molecule has 3 nitrogen and oxygen atoms in total. The lowest BCUT2D eigenvalue weighted by atomic mass is 9.80. The van der Waals surface area contributed by atoms with Gasteiger partial charge in [-0.3, -0.25) is 4.79 Å². The predicted molar refractivity (Wildman–Crippen MR) is 78.5 cm³/mol. The van der Waals surface area contributed by atoms with E-state index in [9.17, 15) is 9.90 Å². The van der Waals surface area contributed by atoms with Gasteiger partial charge in [0.2, 0.25) is 0 Å². The normalized spacial score (nSPS) is 18.8. The Bertz CT molecular complexity index is 499. The van der Waals surface area contributed by atoms with Crippen LogP contribution in [0.15, 0.2) is 48.6 Å². The molecule has 20 heavy (non-hydrogen) atoms. The zero-order valence-corrected chi connectivity index (χ0v) is 11.7. The van der Waals surface area contributed by atoms with Crippen molar-refractivity contribution in [3.05, 3.63) is 54.1 Å². The van der Waals surface area contributed by atoms with Gasteiger partial charge in [0.1, 0.15) is 5.75 Å². The highest BCUT2D eigenvalue weighted by Crippen LogP contribution is 2.34. The molecule has 1 unspecified atom stereocenters. The van der Waals surface area contributed by atoms with Crippen molar-refractivity contribution in [1.29, 1.82) is 0 Å². The number of ether oxygens (including phenoxy) is 1. The standard InChI is InChI=1S/C17H20O3/c1-2-20-17(19)12-16(13-6-4-3-5-7-13)14-8-10-15(18)11-9-14/h3-6,8-11,13,16,18H,2,7,12H2,1H3/t13?,16-/m1/s1. The number of rotatable bonds is 5. The lowest BCUT2D eigenvalue weighted by molar-refractivity contribution is -0.143. The van der Waals surface area contributed by atoms with Crippen LogP contribution >= 0.6 is 0 Å². The van der Waals surface area contributed by atoms with Crippen LogP contribution in [0.2, 0.25) is 0 Å². The summed E-state index contributed by atoms with van der Waals surface area (Å²) in [4.78, 5) is 11.8. The van der Waals surface area contributed by atoms with Gasteiger partial charge in [0.15, 0.2) is 0 Å². The molecule has 0 heterocycles. The highest BCUT2D eigenvalue weighted by atomic mass is 16.5. The third kappa shape index (κ3) is 3.73. The molecule has 2 rings (SSSR count). The van der Waals surface area contributed by atoms with Crippen LogP contribution in [0.3, 0.4) is 0 Å². The summed E-state index contributed by atoms with van der Waals surface area (Å²) in [5, 5.41) is 9.40. The minimum absolute atomic E-state index is 0.0795. The van der Waals surface area contributed by atoms with E-state index in [0.29, 0.717) is 13.0 Å². The molecular weight excluding hydrogens is 252 g/mol. The summed E-state index contributed by atoms with van der Waals surface area (Å²) in [6, 6.07) is 7.09. The van der Waals surface area contributed by atoms with E-state index in [-0.39, 0.29) is 23.6 Å². The lowest BCUT2D eigenvalue weighted by Gasteiger charge is -2.25. The van der Waals surface area contributed by atoms with Gasteiger partial charge in [0.05, 0.1) is 13.0 Å². The fourth-order valence-electron chi connectivity index (χ4n) is 2.54. The highest BCUT2D eigenvalue weighted by molar-refractivity contribution is 5.70. The first kappa shape index (κ1) is 14.4. The Balaban J connectivity index is 2.19. The molecule has 0 spiro atoms. The second-order valence-electron chi connectivity index (χ2n) is 4.92. The van der Waals surface area contributed by atoms with Crippen LogP contribution in [0, 0.1) is 5.92 Å². The number of carbonyl (C=O) groups is 1. The van der Waals surface area contributed by atoms with Crippen molar-refractivity contribution in [2.45, 2.75) is 25.7 Å². The molecular formula is C17H20O3. The third-order valence-corrected chi connectivity index (χ3v) is 3.54. The molecule has 1 aromatic carbocycles. The second-order valence-corrected chi connectivity index (χ2v) is 4.92. The molecule has 3 heteroatoms. The van der Waals surface area contributed by atoms with Gasteiger partial charge in [-0.2, -0.15) is 0 Å². The molecule has 1 aliphatic carbocycles. The lowest BCUT2D eigenvalue weighted by Crippen LogP contribution is -2.17. The Labute approximate surface area is 119 Å². The first-order valence-corrected chi connectivity index (χ1v) is 6.98. The van der Waals surface area contributed by atoms with E-state index < -0.39 is 0 Å². The van der Waals surface area contributed by atoms with E-state index in [2.05, 4.69) is 12.2 Å². The summed E-state index contributed by atoms with van der Waals surface area (Å²) >= 11 is 0. The number of aromatic hydroxyl groups is 1. The number of hydrogen-bond donors (Lipinski definition) is 1. The summed E-state index contributed by atoms with van der Waals surface area (Å²) in [6.45, 7) is 2.22. The van der Waals surface area contributed by atoms with Gasteiger partial charge in [-0.1, -0.05) is 36.4 Å². The van der Waals surface area contributed by atoms with E-state index in [1.807, 2.05) is 31.2 Å². The molecule has 1 N–H and O–H groups in total. The van der Waals surface area contributed by atoms with Crippen molar-refractivity contribution < 1.29 is 14.6 Å². The highest BCUT2D eigenvalue weighted by Gasteiger charge is 2.24.